The fraction of sp³-hybridized carbons (Fsp3) is 0.375. The molecule has 2 aromatic rings. The van der Waals surface area contributed by atoms with Crippen LogP contribution < -0.4 is 10.6 Å². The van der Waals surface area contributed by atoms with Crippen molar-refractivity contribution < 1.29 is 0 Å². The smallest absolute Gasteiger partial charge is 0.138 e. The first kappa shape index (κ1) is 13.1. The number of hydrogen-bond donors (Lipinski definition) is 2. The van der Waals surface area contributed by atoms with Crippen molar-refractivity contribution in [3.05, 3.63) is 46.4 Å². The molecule has 1 aliphatic rings. The van der Waals surface area contributed by atoms with Gasteiger partial charge < -0.3 is 10.6 Å². The summed E-state index contributed by atoms with van der Waals surface area (Å²) in [5.41, 5.74) is 6.03. The minimum atomic E-state index is 0.831. The molecule has 0 saturated carbocycles. The van der Waals surface area contributed by atoms with Crippen molar-refractivity contribution in [1.29, 1.82) is 0 Å². The lowest BCUT2D eigenvalue weighted by molar-refractivity contribution is 0.625. The third-order valence-electron chi connectivity index (χ3n) is 3.81. The van der Waals surface area contributed by atoms with E-state index in [0.717, 1.165) is 36.8 Å². The van der Waals surface area contributed by atoms with Crippen molar-refractivity contribution >= 4 is 11.5 Å². The van der Waals surface area contributed by atoms with E-state index in [-0.39, 0.29) is 0 Å². The van der Waals surface area contributed by atoms with Crippen LogP contribution in [-0.4, -0.2) is 16.5 Å². The molecule has 20 heavy (non-hydrogen) atoms. The zero-order valence-corrected chi connectivity index (χ0v) is 12.2. The maximum Gasteiger partial charge on any atom is 0.138 e. The van der Waals surface area contributed by atoms with Crippen LogP contribution >= 0.6 is 0 Å². The molecule has 0 radical (unpaired) electrons. The fourth-order valence-electron chi connectivity index (χ4n) is 2.53. The maximum absolute atomic E-state index is 4.57. The Labute approximate surface area is 119 Å². The number of hydrogen-bond acceptors (Lipinski definition) is 4. The largest absolute Gasteiger partial charge is 0.340 e. The topological polar surface area (TPSA) is 49.8 Å². The monoisotopic (exact) mass is 268 g/mol. The molecule has 4 heteroatoms. The number of rotatable bonds is 2. The summed E-state index contributed by atoms with van der Waals surface area (Å²) in [6, 6.07) is 6.40. The molecule has 104 valence electrons. The van der Waals surface area contributed by atoms with E-state index in [9.17, 15) is 0 Å². The Bertz CT molecular complexity index is 649. The molecule has 0 fully saturated rings. The highest BCUT2D eigenvalue weighted by molar-refractivity contribution is 5.61. The number of benzene rings is 1. The molecule has 0 atom stereocenters. The van der Waals surface area contributed by atoms with Gasteiger partial charge in [-0.2, -0.15) is 0 Å². The Morgan fingerprint density at radius 3 is 2.75 bits per heavy atom. The highest BCUT2D eigenvalue weighted by atomic mass is 15.1. The molecular formula is C16H20N4. The van der Waals surface area contributed by atoms with Crippen molar-refractivity contribution in [2.75, 3.05) is 11.9 Å². The van der Waals surface area contributed by atoms with Crippen LogP contribution in [-0.2, 0) is 13.0 Å². The molecule has 0 unspecified atom stereocenters. The molecule has 0 saturated heterocycles. The van der Waals surface area contributed by atoms with Gasteiger partial charge in [0.2, 0.25) is 0 Å². The molecule has 0 aliphatic carbocycles. The van der Waals surface area contributed by atoms with Crippen LogP contribution in [0.15, 0.2) is 18.2 Å². The molecule has 1 aliphatic heterocycles. The van der Waals surface area contributed by atoms with E-state index in [2.05, 4.69) is 52.6 Å². The van der Waals surface area contributed by atoms with Gasteiger partial charge in [0.1, 0.15) is 11.6 Å². The molecule has 0 amide bonds. The Hall–Kier alpha value is -1.94. The van der Waals surface area contributed by atoms with Gasteiger partial charge >= 0.3 is 0 Å². The highest BCUT2D eigenvalue weighted by Gasteiger charge is 2.16. The van der Waals surface area contributed by atoms with Crippen LogP contribution in [0.5, 0.6) is 0 Å². The molecule has 0 spiro atoms. The van der Waals surface area contributed by atoms with E-state index >= 15 is 0 Å². The van der Waals surface area contributed by atoms with Crippen molar-refractivity contribution in [2.45, 2.75) is 33.7 Å². The number of aryl methyl sites for hydroxylation is 3. The highest BCUT2D eigenvalue weighted by Crippen LogP contribution is 2.24. The lowest BCUT2D eigenvalue weighted by Crippen LogP contribution is -2.26. The van der Waals surface area contributed by atoms with Crippen LogP contribution in [0.1, 0.15) is 28.2 Å². The van der Waals surface area contributed by atoms with E-state index in [0.29, 0.717) is 0 Å². The summed E-state index contributed by atoms with van der Waals surface area (Å²) < 4.78 is 0. The van der Waals surface area contributed by atoms with Crippen molar-refractivity contribution in [1.82, 2.24) is 15.3 Å². The lowest BCUT2D eigenvalue weighted by Gasteiger charge is -2.20. The minimum absolute atomic E-state index is 0.831. The van der Waals surface area contributed by atoms with Gasteiger partial charge in [0.15, 0.2) is 0 Å². The van der Waals surface area contributed by atoms with Crippen LogP contribution in [0.4, 0.5) is 11.5 Å². The maximum atomic E-state index is 4.57. The third kappa shape index (κ3) is 2.51. The Kier molecular flexibility index (Phi) is 3.40. The molecule has 0 bridgehead atoms. The predicted octanol–water partition coefficient (Wildman–Crippen LogP) is 2.79. The summed E-state index contributed by atoms with van der Waals surface area (Å²) in [7, 11) is 0. The molecule has 3 rings (SSSR count). The first-order valence-electron chi connectivity index (χ1n) is 7.05. The van der Waals surface area contributed by atoms with E-state index in [4.69, 9.17) is 0 Å². The van der Waals surface area contributed by atoms with Gasteiger partial charge in [-0.1, -0.05) is 6.07 Å². The van der Waals surface area contributed by atoms with Crippen LogP contribution in [0.25, 0.3) is 0 Å². The number of fused-ring (bicyclic) bond motifs is 1. The Morgan fingerprint density at radius 2 is 1.95 bits per heavy atom. The molecule has 1 aromatic carbocycles. The van der Waals surface area contributed by atoms with E-state index in [1.807, 2.05) is 6.92 Å². The zero-order valence-electron chi connectivity index (χ0n) is 12.2. The van der Waals surface area contributed by atoms with Gasteiger partial charge in [-0.05, 0) is 44.0 Å². The SMILES string of the molecule is Cc1nc2c(c(Nc3ccc(C)c(C)c3)n1)CNCC2. The second-order valence-corrected chi connectivity index (χ2v) is 5.40. The Balaban J connectivity index is 1.97. The van der Waals surface area contributed by atoms with E-state index < -0.39 is 0 Å². The summed E-state index contributed by atoms with van der Waals surface area (Å²) in [6.45, 7) is 8.03. The predicted molar refractivity (Wildman–Crippen MR) is 81.4 cm³/mol. The molecule has 2 N–H and O–H groups in total. The zero-order chi connectivity index (χ0) is 14.1. The Morgan fingerprint density at radius 1 is 1.10 bits per heavy atom. The van der Waals surface area contributed by atoms with Crippen LogP contribution in [0, 0.1) is 20.8 Å². The second-order valence-electron chi connectivity index (χ2n) is 5.40. The molecule has 4 nitrogen and oxygen atoms in total. The summed E-state index contributed by atoms with van der Waals surface area (Å²) in [6.07, 6.45) is 0.973. The number of nitrogens with zero attached hydrogens (tertiary/aromatic N) is 2. The van der Waals surface area contributed by atoms with Gasteiger partial charge in [0.25, 0.3) is 0 Å². The summed E-state index contributed by atoms with van der Waals surface area (Å²) in [5, 5.41) is 6.84. The summed E-state index contributed by atoms with van der Waals surface area (Å²) >= 11 is 0. The third-order valence-corrected chi connectivity index (χ3v) is 3.81. The van der Waals surface area contributed by atoms with E-state index in [1.165, 1.54) is 22.4 Å². The fourth-order valence-corrected chi connectivity index (χ4v) is 2.53. The summed E-state index contributed by atoms with van der Waals surface area (Å²) in [5.74, 6) is 1.76. The first-order chi connectivity index (χ1) is 9.63. The quantitative estimate of drug-likeness (QED) is 0.879. The standard InChI is InChI=1S/C16H20N4/c1-10-4-5-13(8-11(10)2)20-16-14-9-17-7-6-15(14)18-12(3)19-16/h4-5,8,17H,6-7,9H2,1-3H3,(H,18,19,20). The van der Waals surface area contributed by atoms with Gasteiger partial charge in [-0.3, -0.25) is 0 Å². The summed E-state index contributed by atoms with van der Waals surface area (Å²) in [4.78, 5) is 9.13. The molecular weight excluding hydrogens is 248 g/mol. The normalized spacial score (nSPS) is 13.9. The average Bonchev–Trinajstić information content (AvgIpc) is 2.43. The van der Waals surface area contributed by atoms with Gasteiger partial charge in [-0.25, -0.2) is 9.97 Å². The number of aromatic nitrogens is 2. The number of nitrogens with one attached hydrogen (secondary N) is 2. The van der Waals surface area contributed by atoms with Crippen molar-refractivity contribution in [2.24, 2.45) is 0 Å². The molecule has 2 heterocycles. The van der Waals surface area contributed by atoms with Crippen LogP contribution in [0.3, 0.4) is 0 Å². The van der Waals surface area contributed by atoms with Crippen LogP contribution in [0.2, 0.25) is 0 Å². The van der Waals surface area contributed by atoms with Gasteiger partial charge in [0.05, 0.1) is 5.69 Å². The first-order valence-corrected chi connectivity index (χ1v) is 7.05. The minimum Gasteiger partial charge on any atom is -0.340 e. The number of anilines is 2. The van der Waals surface area contributed by atoms with Gasteiger partial charge in [-0.15, -0.1) is 0 Å². The van der Waals surface area contributed by atoms with Crippen molar-refractivity contribution in [3.8, 4) is 0 Å². The van der Waals surface area contributed by atoms with E-state index in [1.54, 1.807) is 0 Å². The lowest BCUT2D eigenvalue weighted by atomic mass is 10.1. The molecule has 1 aromatic heterocycles. The van der Waals surface area contributed by atoms with Crippen molar-refractivity contribution in [3.63, 3.8) is 0 Å². The second kappa shape index (κ2) is 5.21. The van der Waals surface area contributed by atoms with Gasteiger partial charge in [0, 0.05) is 30.8 Å². The average molecular weight is 268 g/mol.